The summed E-state index contributed by atoms with van der Waals surface area (Å²) in [5, 5.41) is 22.6. The van der Waals surface area contributed by atoms with Crippen LogP contribution in [0, 0.1) is 10.1 Å². The number of nitrogens with one attached hydrogen (secondary N) is 1. The Hall–Kier alpha value is -2.15. The van der Waals surface area contributed by atoms with E-state index in [4.69, 9.17) is 4.74 Å². The van der Waals surface area contributed by atoms with E-state index in [2.05, 4.69) is 5.32 Å². The first-order chi connectivity index (χ1) is 9.06. The highest BCUT2D eigenvalue weighted by Crippen LogP contribution is 2.23. The number of ether oxygens (including phenoxy) is 1. The van der Waals surface area contributed by atoms with E-state index in [0.717, 1.165) is 18.6 Å². The summed E-state index contributed by atoms with van der Waals surface area (Å²) in [5.41, 5.74) is -0.469. The van der Waals surface area contributed by atoms with E-state index in [1.165, 1.54) is 6.07 Å². The maximum Gasteiger partial charge on any atom is 0.282 e. The van der Waals surface area contributed by atoms with Gasteiger partial charge in [0.25, 0.3) is 11.6 Å². The molecule has 0 saturated carbocycles. The molecule has 0 saturated heterocycles. The number of methoxy groups -OCH3 is 1. The maximum atomic E-state index is 11.8. The van der Waals surface area contributed by atoms with E-state index < -0.39 is 10.8 Å². The minimum atomic E-state index is -0.653. The molecule has 0 heterocycles. The quantitative estimate of drug-likeness (QED) is 0.443. The molecule has 104 valence electrons. The smallest absolute Gasteiger partial charge is 0.282 e. The lowest BCUT2D eigenvalue weighted by Gasteiger charge is -2.06. The summed E-state index contributed by atoms with van der Waals surface area (Å²) in [7, 11) is 1.59. The van der Waals surface area contributed by atoms with Crippen LogP contribution < -0.4 is 5.32 Å². The Morgan fingerprint density at radius 3 is 2.84 bits per heavy atom. The fraction of sp³-hybridized carbons (Fsp3) is 0.417. The second-order valence-electron chi connectivity index (χ2n) is 3.91. The Morgan fingerprint density at radius 1 is 1.47 bits per heavy atom. The predicted octanol–water partition coefficient (Wildman–Crippen LogP) is 1.46. The van der Waals surface area contributed by atoms with Crippen molar-refractivity contribution in [3.8, 4) is 5.75 Å². The van der Waals surface area contributed by atoms with Gasteiger partial charge in [0, 0.05) is 26.3 Å². The molecule has 2 N–H and O–H groups in total. The van der Waals surface area contributed by atoms with Gasteiger partial charge in [0.15, 0.2) is 0 Å². The van der Waals surface area contributed by atoms with Crippen molar-refractivity contribution < 1.29 is 19.6 Å². The molecule has 7 heteroatoms. The van der Waals surface area contributed by atoms with E-state index in [1.807, 2.05) is 0 Å². The Labute approximate surface area is 110 Å². The van der Waals surface area contributed by atoms with Gasteiger partial charge in [0.1, 0.15) is 11.3 Å². The van der Waals surface area contributed by atoms with Gasteiger partial charge in [-0.1, -0.05) is 0 Å². The van der Waals surface area contributed by atoms with Crippen molar-refractivity contribution in [1.82, 2.24) is 5.32 Å². The second kappa shape index (κ2) is 7.32. The largest absolute Gasteiger partial charge is 0.508 e. The molecule has 0 aromatic heterocycles. The van der Waals surface area contributed by atoms with Crippen LogP contribution in [-0.2, 0) is 4.74 Å². The third kappa shape index (κ3) is 4.55. The molecule has 0 aliphatic carbocycles. The number of aromatic hydroxyl groups is 1. The number of nitro benzene ring substituents is 1. The summed E-state index contributed by atoms with van der Waals surface area (Å²) < 4.78 is 4.86. The summed E-state index contributed by atoms with van der Waals surface area (Å²) in [6, 6.07) is 3.37. The summed E-state index contributed by atoms with van der Waals surface area (Å²) >= 11 is 0. The number of phenolic OH excluding ortho intramolecular Hbond substituents is 1. The third-order valence-corrected chi connectivity index (χ3v) is 2.48. The minimum absolute atomic E-state index is 0.142. The Kier molecular flexibility index (Phi) is 5.74. The van der Waals surface area contributed by atoms with E-state index in [-0.39, 0.29) is 17.0 Å². The number of benzene rings is 1. The molecule has 0 aliphatic rings. The number of unbranched alkanes of at least 4 members (excludes halogenated alkanes) is 1. The number of amides is 1. The van der Waals surface area contributed by atoms with E-state index in [0.29, 0.717) is 19.6 Å². The van der Waals surface area contributed by atoms with Crippen molar-refractivity contribution in [2.75, 3.05) is 20.3 Å². The lowest BCUT2D eigenvalue weighted by molar-refractivity contribution is -0.385. The van der Waals surface area contributed by atoms with Crippen LogP contribution in [0.3, 0.4) is 0 Å². The summed E-state index contributed by atoms with van der Waals surface area (Å²) in [4.78, 5) is 21.9. The molecule has 1 amide bonds. The zero-order valence-corrected chi connectivity index (χ0v) is 10.6. The van der Waals surface area contributed by atoms with Crippen molar-refractivity contribution in [2.24, 2.45) is 0 Å². The lowest BCUT2D eigenvalue weighted by Crippen LogP contribution is -2.25. The van der Waals surface area contributed by atoms with Crippen LogP contribution >= 0.6 is 0 Å². The average Bonchev–Trinajstić information content (AvgIpc) is 2.37. The Balaban J connectivity index is 2.65. The number of hydrogen-bond donors (Lipinski definition) is 2. The zero-order chi connectivity index (χ0) is 14.3. The van der Waals surface area contributed by atoms with E-state index in [1.54, 1.807) is 7.11 Å². The van der Waals surface area contributed by atoms with E-state index >= 15 is 0 Å². The molecule has 0 unspecified atom stereocenters. The number of rotatable bonds is 7. The van der Waals surface area contributed by atoms with Crippen molar-refractivity contribution in [3.63, 3.8) is 0 Å². The Morgan fingerprint density at radius 2 is 2.21 bits per heavy atom. The van der Waals surface area contributed by atoms with E-state index in [9.17, 15) is 20.0 Å². The van der Waals surface area contributed by atoms with Gasteiger partial charge in [-0.3, -0.25) is 14.9 Å². The molecule has 0 radical (unpaired) electrons. The standard InChI is InChI=1S/C12H16N2O5/c1-19-7-3-2-6-13-12(16)10-8-9(15)4-5-11(10)14(17)18/h4-5,8,15H,2-3,6-7H2,1H3,(H,13,16). The van der Waals surface area contributed by atoms with Gasteiger partial charge in [0.2, 0.25) is 0 Å². The van der Waals surface area contributed by atoms with Crippen LogP contribution in [0.25, 0.3) is 0 Å². The van der Waals surface area contributed by atoms with Gasteiger partial charge >= 0.3 is 0 Å². The first-order valence-corrected chi connectivity index (χ1v) is 5.80. The molecule has 7 nitrogen and oxygen atoms in total. The molecule has 0 atom stereocenters. The van der Waals surface area contributed by atoms with Gasteiger partial charge in [-0.25, -0.2) is 0 Å². The van der Waals surface area contributed by atoms with Gasteiger partial charge in [-0.15, -0.1) is 0 Å². The number of nitro groups is 1. The minimum Gasteiger partial charge on any atom is -0.508 e. The SMILES string of the molecule is COCCCCNC(=O)c1cc(O)ccc1[N+](=O)[O-]. The lowest BCUT2D eigenvalue weighted by atomic mass is 10.1. The molecule has 1 rings (SSSR count). The van der Waals surface area contributed by atoms with Crippen molar-refractivity contribution >= 4 is 11.6 Å². The summed E-state index contributed by atoms with van der Waals surface area (Å²) in [6.45, 7) is 0.997. The number of nitrogens with zero attached hydrogens (tertiary/aromatic N) is 1. The molecule has 0 bridgehead atoms. The maximum absolute atomic E-state index is 11.8. The highest BCUT2D eigenvalue weighted by Gasteiger charge is 2.20. The molecule has 19 heavy (non-hydrogen) atoms. The molecule has 1 aromatic rings. The molecule has 1 aromatic carbocycles. The predicted molar refractivity (Wildman–Crippen MR) is 68.2 cm³/mol. The van der Waals surface area contributed by atoms with Gasteiger partial charge in [0.05, 0.1) is 4.92 Å². The number of carbonyl (C=O) groups excluding carboxylic acids is 1. The summed E-state index contributed by atoms with van der Waals surface area (Å²) in [5.74, 6) is -0.754. The monoisotopic (exact) mass is 268 g/mol. The van der Waals surface area contributed by atoms with Crippen molar-refractivity contribution in [2.45, 2.75) is 12.8 Å². The number of carbonyl (C=O) groups is 1. The first kappa shape index (κ1) is 14.9. The molecule has 0 fully saturated rings. The zero-order valence-electron chi connectivity index (χ0n) is 10.6. The third-order valence-electron chi connectivity index (χ3n) is 2.48. The van der Waals surface area contributed by atoms with Gasteiger partial charge in [-0.2, -0.15) is 0 Å². The average molecular weight is 268 g/mol. The number of phenols is 1. The second-order valence-corrected chi connectivity index (χ2v) is 3.91. The highest BCUT2D eigenvalue weighted by molar-refractivity contribution is 5.98. The van der Waals surface area contributed by atoms with Crippen LogP contribution in [-0.4, -0.2) is 36.2 Å². The highest BCUT2D eigenvalue weighted by atomic mass is 16.6. The van der Waals surface area contributed by atoms with Crippen LogP contribution in [0.4, 0.5) is 5.69 Å². The van der Waals surface area contributed by atoms with Gasteiger partial charge < -0.3 is 15.2 Å². The normalized spacial score (nSPS) is 10.2. The van der Waals surface area contributed by atoms with Crippen LogP contribution in [0.15, 0.2) is 18.2 Å². The Bertz CT molecular complexity index is 461. The molecule has 0 spiro atoms. The van der Waals surface area contributed by atoms with Crippen LogP contribution in [0.2, 0.25) is 0 Å². The fourth-order valence-corrected chi connectivity index (χ4v) is 1.53. The van der Waals surface area contributed by atoms with Gasteiger partial charge in [-0.05, 0) is 25.0 Å². The van der Waals surface area contributed by atoms with Crippen LogP contribution in [0.1, 0.15) is 23.2 Å². The fourth-order valence-electron chi connectivity index (χ4n) is 1.53. The molecule has 0 aliphatic heterocycles. The molecular formula is C12H16N2O5. The van der Waals surface area contributed by atoms with Crippen molar-refractivity contribution in [3.05, 3.63) is 33.9 Å². The molecular weight excluding hydrogens is 252 g/mol. The summed E-state index contributed by atoms with van der Waals surface area (Å²) in [6.07, 6.45) is 1.51. The number of hydrogen-bond acceptors (Lipinski definition) is 5. The van der Waals surface area contributed by atoms with Crippen LogP contribution in [0.5, 0.6) is 5.75 Å². The first-order valence-electron chi connectivity index (χ1n) is 5.80. The topological polar surface area (TPSA) is 102 Å². The van der Waals surface area contributed by atoms with Crippen molar-refractivity contribution in [1.29, 1.82) is 0 Å².